The lowest BCUT2D eigenvalue weighted by Crippen LogP contribution is -2.05. The van der Waals surface area contributed by atoms with Crippen molar-refractivity contribution in [2.75, 3.05) is 5.75 Å². The van der Waals surface area contributed by atoms with E-state index in [1.165, 1.54) is 18.4 Å². The van der Waals surface area contributed by atoms with Crippen LogP contribution < -0.4 is 0 Å². The van der Waals surface area contributed by atoms with Crippen molar-refractivity contribution >= 4 is 11.8 Å². The van der Waals surface area contributed by atoms with Crippen LogP contribution in [-0.4, -0.2) is 15.7 Å². The van der Waals surface area contributed by atoms with E-state index < -0.39 is 0 Å². The van der Waals surface area contributed by atoms with Gasteiger partial charge in [-0.05, 0) is 44.6 Å². The molecule has 1 aromatic rings. The second kappa shape index (κ2) is 4.66. The molecule has 17 heavy (non-hydrogen) atoms. The summed E-state index contributed by atoms with van der Waals surface area (Å²) in [5.74, 6) is 0.975. The van der Waals surface area contributed by atoms with Crippen molar-refractivity contribution in [2.45, 2.75) is 45.2 Å². The third kappa shape index (κ3) is 2.78. The normalized spacial score (nSPS) is 16.6. The molecular weight excluding hydrogens is 230 g/mol. The summed E-state index contributed by atoms with van der Waals surface area (Å²) >= 11 is 1.69. The Morgan fingerprint density at radius 3 is 2.29 bits per heavy atom. The minimum Gasteiger partial charge on any atom is -0.228 e. The van der Waals surface area contributed by atoms with Crippen molar-refractivity contribution in [1.29, 1.82) is 5.26 Å². The molecule has 0 saturated heterocycles. The summed E-state index contributed by atoms with van der Waals surface area (Å²) in [6.45, 7) is 6.10. The van der Waals surface area contributed by atoms with Crippen molar-refractivity contribution < 1.29 is 0 Å². The minimum absolute atomic E-state index is 0.259. The van der Waals surface area contributed by atoms with Crippen molar-refractivity contribution in [2.24, 2.45) is 5.41 Å². The zero-order chi connectivity index (χ0) is 12.5. The van der Waals surface area contributed by atoms with Gasteiger partial charge in [-0.15, -0.1) is 0 Å². The Labute approximate surface area is 107 Å². The summed E-state index contributed by atoms with van der Waals surface area (Å²) in [6.07, 6.45) is 3.03. The zero-order valence-electron chi connectivity index (χ0n) is 10.6. The third-order valence-corrected chi connectivity index (χ3v) is 4.73. The van der Waals surface area contributed by atoms with Gasteiger partial charge in [-0.3, -0.25) is 0 Å². The average molecular weight is 247 g/mol. The van der Waals surface area contributed by atoms with Crippen LogP contribution in [0, 0.1) is 37.5 Å². The van der Waals surface area contributed by atoms with E-state index in [1.54, 1.807) is 11.8 Å². The molecule has 1 aromatic heterocycles. The predicted molar refractivity (Wildman–Crippen MR) is 68.9 cm³/mol. The smallest absolute Gasteiger partial charge is 0.188 e. The first-order chi connectivity index (χ1) is 8.06. The van der Waals surface area contributed by atoms with Crippen LogP contribution in [0.5, 0.6) is 0 Å². The highest BCUT2D eigenvalue weighted by molar-refractivity contribution is 7.99. The molecule has 1 saturated carbocycles. The largest absolute Gasteiger partial charge is 0.228 e. The quantitative estimate of drug-likeness (QED) is 0.605. The average Bonchev–Trinajstić information content (AvgIpc) is 3.04. The van der Waals surface area contributed by atoms with Crippen LogP contribution in [0.25, 0.3) is 0 Å². The maximum Gasteiger partial charge on any atom is 0.188 e. The van der Waals surface area contributed by atoms with Crippen LogP contribution in [0.1, 0.15) is 36.2 Å². The number of nitriles is 1. The van der Waals surface area contributed by atoms with Gasteiger partial charge < -0.3 is 0 Å². The minimum atomic E-state index is 0.259. The summed E-state index contributed by atoms with van der Waals surface area (Å²) in [7, 11) is 0. The number of aromatic nitrogens is 2. The number of thioether (sulfide) groups is 1. The summed E-state index contributed by atoms with van der Waals surface area (Å²) in [4.78, 5) is 8.99. The standard InChI is InChI=1S/C13H17N3S/c1-9-10(2)15-12(16-11(9)3)17-8-13(4-5-13)6-7-14/h4-6,8H2,1-3H3. The second-order valence-corrected chi connectivity index (χ2v) is 5.87. The SMILES string of the molecule is Cc1nc(SCC2(CC#N)CC2)nc(C)c1C. The van der Waals surface area contributed by atoms with Gasteiger partial charge in [0.05, 0.1) is 6.07 Å². The molecule has 0 bridgehead atoms. The predicted octanol–water partition coefficient (Wildman–Crippen LogP) is 3.19. The van der Waals surface area contributed by atoms with Crippen molar-refractivity contribution in [3.8, 4) is 6.07 Å². The van der Waals surface area contributed by atoms with Crippen LogP contribution in [0.4, 0.5) is 0 Å². The highest BCUT2D eigenvalue weighted by Crippen LogP contribution is 2.51. The Balaban J connectivity index is 2.03. The van der Waals surface area contributed by atoms with Gasteiger partial charge in [0.2, 0.25) is 0 Å². The molecule has 1 heterocycles. The van der Waals surface area contributed by atoms with E-state index in [-0.39, 0.29) is 5.41 Å². The van der Waals surface area contributed by atoms with E-state index in [9.17, 15) is 0 Å². The molecule has 3 nitrogen and oxygen atoms in total. The number of hydrogen-bond donors (Lipinski definition) is 0. The van der Waals surface area contributed by atoms with Gasteiger partial charge in [-0.2, -0.15) is 5.26 Å². The van der Waals surface area contributed by atoms with E-state index in [0.717, 1.165) is 22.3 Å². The molecule has 0 atom stereocenters. The fourth-order valence-corrected chi connectivity index (χ4v) is 2.97. The van der Waals surface area contributed by atoms with Gasteiger partial charge in [0, 0.05) is 23.6 Å². The lowest BCUT2D eigenvalue weighted by molar-refractivity contribution is 0.603. The molecule has 1 aliphatic carbocycles. The molecule has 0 aromatic carbocycles. The molecule has 1 fully saturated rings. The van der Waals surface area contributed by atoms with Crippen LogP contribution in [0.3, 0.4) is 0 Å². The van der Waals surface area contributed by atoms with Gasteiger partial charge >= 0.3 is 0 Å². The van der Waals surface area contributed by atoms with Crippen molar-refractivity contribution in [1.82, 2.24) is 9.97 Å². The molecule has 0 amide bonds. The van der Waals surface area contributed by atoms with E-state index in [1.807, 2.05) is 13.8 Å². The van der Waals surface area contributed by atoms with Crippen LogP contribution in [-0.2, 0) is 0 Å². The number of nitrogens with zero attached hydrogens (tertiary/aromatic N) is 3. The first kappa shape index (κ1) is 12.4. The monoisotopic (exact) mass is 247 g/mol. The van der Waals surface area contributed by atoms with E-state index in [2.05, 4.69) is 23.0 Å². The van der Waals surface area contributed by atoms with Gasteiger partial charge in [-0.25, -0.2) is 9.97 Å². The maximum absolute atomic E-state index is 8.77. The Bertz CT molecular complexity index is 449. The van der Waals surface area contributed by atoms with Crippen molar-refractivity contribution in [3.05, 3.63) is 17.0 Å². The Morgan fingerprint density at radius 1 is 1.24 bits per heavy atom. The van der Waals surface area contributed by atoms with E-state index in [4.69, 9.17) is 5.26 Å². The van der Waals surface area contributed by atoms with Gasteiger partial charge in [0.25, 0.3) is 0 Å². The molecule has 0 spiro atoms. The van der Waals surface area contributed by atoms with Crippen LogP contribution >= 0.6 is 11.8 Å². The molecule has 2 rings (SSSR count). The zero-order valence-corrected chi connectivity index (χ0v) is 11.4. The lowest BCUT2D eigenvalue weighted by Gasteiger charge is -2.10. The first-order valence-corrected chi connectivity index (χ1v) is 6.86. The molecule has 0 radical (unpaired) electrons. The molecule has 90 valence electrons. The fourth-order valence-electron chi connectivity index (χ4n) is 1.74. The second-order valence-electron chi connectivity index (χ2n) is 4.93. The molecule has 4 heteroatoms. The summed E-state index contributed by atoms with van der Waals surface area (Å²) < 4.78 is 0. The van der Waals surface area contributed by atoms with Gasteiger partial charge in [0.1, 0.15) is 0 Å². The highest BCUT2D eigenvalue weighted by Gasteiger charge is 2.42. The van der Waals surface area contributed by atoms with Crippen molar-refractivity contribution in [3.63, 3.8) is 0 Å². The van der Waals surface area contributed by atoms with Gasteiger partial charge in [-0.1, -0.05) is 11.8 Å². The third-order valence-electron chi connectivity index (χ3n) is 3.53. The van der Waals surface area contributed by atoms with E-state index in [0.29, 0.717) is 6.42 Å². The molecule has 0 unspecified atom stereocenters. The summed E-state index contributed by atoms with van der Waals surface area (Å²) in [5.41, 5.74) is 3.55. The topological polar surface area (TPSA) is 49.6 Å². The van der Waals surface area contributed by atoms with E-state index >= 15 is 0 Å². The Morgan fingerprint density at radius 2 is 1.82 bits per heavy atom. The number of rotatable bonds is 4. The lowest BCUT2D eigenvalue weighted by atomic mass is 10.1. The molecular formula is C13H17N3S. The number of hydrogen-bond acceptors (Lipinski definition) is 4. The van der Waals surface area contributed by atoms with Crippen LogP contribution in [0.15, 0.2) is 5.16 Å². The Hall–Kier alpha value is -1.08. The highest BCUT2D eigenvalue weighted by atomic mass is 32.2. The Kier molecular flexibility index (Phi) is 3.39. The molecule has 0 N–H and O–H groups in total. The maximum atomic E-state index is 8.77. The fraction of sp³-hybridized carbons (Fsp3) is 0.615. The number of aryl methyl sites for hydroxylation is 2. The van der Waals surface area contributed by atoms with Gasteiger partial charge in [0.15, 0.2) is 5.16 Å². The molecule has 1 aliphatic rings. The summed E-state index contributed by atoms with van der Waals surface area (Å²) in [6, 6.07) is 2.28. The summed E-state index contributed by atoms with van der Waals surface area (Å²) in [5, 5.41) is 9.63. The molecule has 0 aliphatic heterocycles. The van der Waals surface area contributed by atoms with Crippen LogP contribution in [0.2, 0.25) is 0 Å². The first-order valence-electron chi connectivity index (χ1n) is 5.88.